The molecule has 122 valence electrons. The first kappa shape index (κ1) is 19.8. The summed E-state index contributed by atoms with van der Waals surface area (Å²) >= 11 is 24.8. The molecule has 0 bridgehead atoms. The molecule has 0 saturated carbocycles. The van der Waals surface area contributed by atoms with Crippen LogP contribution in [0, 0.1) is 3.57 Å². The Morgan fingerprint density at radius 3 is 2.41 bits per heavy atom. The summed E-state index contributed by atoms with van der Waals surface area (Å²) < 4.78 is 4.02. The Kier molecular flexibility index (Phi) is 8.26. The van der Waals surface area contributed by atoms with E-state index in [1.807, 2.05) is 24.3 Å². The number of hydrogen-bond donors (Lipinski definition) is 3. The van der Waals surface area contributed by atoms with Crippen LogP contribution in [0.15, 0.2) is 24.3 Å². The number of rotatable bonds is 4. The molecule has 3 N–H and O–H groups in total. The molecule has 0 aliphatic carbocycles. The lowest BCUT2D eigenvalue weighted by atomic mass is 10.3. The highest BCUT2D eigenvalue weighted by molar-refractivity contribution is 14.1. The van der Waals surface area contributed by atoms with E-state index in [-0.39, 0.29) is 11.7 Å². The van der Waals surface area contributed by atoms with Gasteiger partial charge in [0.15, 0.2) is 11.3 Å². The van der Waals surface area contributed by atoms with Crippen LogP contribution in [0.2, 0.25) is 0 Å². The zero-order valence-corrected chi connectivity index (χ0v) is 16.6. The molecule has 0 aliphatic rings. The van der Waals surface area contributed by atoms with E-state index < -0.39 is 16.1 Å². The molecular formula is C12H13Cl3IN3O2S. The van der Waals surface area contributed by atoms with Crippen LogP contribution >= 0.6 is 69.6 Å². The molecule has 1 rings (SSSR count). The van der Waals surface area contributed by atoms with Gasteiger partial charge in [-0.3, -0.25) is 5.32 Å². The second-order valence-corrected chi connectivity index (χ2v) is 7.97. The van der Waals surface area contributed by atoms with Crippen LogP contribution in [0.25, 0.3) is 0 Å². The van der Waals surface area contributed by atoms with Crippen molar-refractivity contribution in [3.63, 3.8) is 0 Å². The molecule has 0 aromatic heterocycles. The van der Waals surface area contributed by atoms with Crippen molar-refractivity contribution in [2.24, 2.45) is 0 Å². The van der Waals surface area contributed by atoms with Crippen molar-refractivity contribution in [2.45, 2.75) is 16.9 Å². The van der Waals surface area contributed by atoms with Crippen LogP contribution in [-0.4, -0.2) is 27.8 Å². The highest BCUT2D eigenvalue weighted by atomic mass is 127. The molecule has 22 heavy (non-hydrogen) atoms. The molecule has 0 spiro atoms. The Balaban J connectivity index is 2.66. The SMILES string of the molecule is CCOC(=O)NC(NC(=S)Nc1ccc(I)cc1)C(Cl)(Cl)Cl. The number of alkyl halides is 3. The van der Waals surface area contributed by atoms with E-state index in [1.165, 1.54) is 0 Å². The fourth-order valence-electron chi connectivity index (χ4n) is 1.32. The smallest absolute Gasteiger partial charge is 0.408 e. The molecule has 1 unspecified atom stereocenters. The van der Waals surface area contributed by atoms with Crippen molar-refractivity contribution in [3.05, 3.63) is 27.8 Å². The number of anilines is 1. The molecule has 0 saturated heterocycles. The van der Waals surface area contributed by atoms with Crippen molar-refractivity contribution < 1.29 is 9.53 Å². The first-order valence-electron chi connectivity index (χ1n) is 6.05. The summed E-state index contributed by atoms with van der Waals surface area (Å²) in [5, 5.41) is 8.22. The van der Waals surface area contributed by atoms with Gasteiger partial charge >= 0.3 is 6.09 Å². The lowest BCUT2D eigenvalue weighted by Gasteiger charge is -2.27. The molecule has 0 aliphatic heterocycles. The first-order chi connectivity index (χ1) is 10.2. The lowest BCUT2D eigenvalue weighted by Crippen LogP contribution is -2.56. The lowest BCUT2D eigenvalue weighted by molar-refractivity contribution is 0.147. The van der Waals surface area contributed by atoms with Gasteiger partial charge < -0.3 is 15.4 Å². The minimum absolute atomic E-state index is 0.189. The molecular weight excluding hydrogens is 483 g/mol. The highest BCUT2D eigenvalue weighted by Gasteiger charge is 2.35. The van der Waals surface area contributed by atoms with E-state index in [0.717, 1.165) is 9.26 Å². The van der Waals surface area contributed by atoms with Gasteiger partial charge in [0, 0.05) is 9.26 Å². The van der Waals surface area contributed by atoms with Gasteiger partial charge in [-0.2, -0.15) is 0 Å². The van der Waals surface area contributed by atoms with Gasteiger partial charge in [0.25, 0.3) is 0 Å². The third-order valence-electron chi connectivity index (χ3n) is 2.24. The Hall–Kier alpha value is -0.220. The highest BCUT2D eigenvalue weighted by Crippen LogP contribution is 2.29. The van der Waals surface area contributed by atoms with Crippen molar-refractivity contribution in [1.82, 2.24) is 10.6 Å². The van der Waals surface area contributed by atoms with Gasteiger partial charge in [-0.05, 0) is 66.0 Å². The Labute approximate surface area is 162 Å². The average Bonchev–Trinajstić information content (AvgIpc) is 2.40. The van der Waals surface area contributed by atoms with Crippen molar-refractivity contribution >= 4 is 86.5 Å². The van der Waals surface area contributed by atoms with E-state index in [4.69, 9.17) is 51.8 Å². The minimum atomic E-state index is -1.81. The molecule has 0 radical (unpaired) electrons. The molecule has 5 nitrogen and oxygen atoms in total. The predicted molar refractivity (Wildman–Crippen MR) is 103 cm³/mol. The number of halogens is 4. The monoisotopic (exact) mass is 495 g/mol. The number of ether oxygens (including phenoxy) is 1. The number of alkyl carbamates (subject to hydrolysis) is 1. The van der Waals surface area contributed by atoms with E-state index in [9.17, 15) is 4.79 Å². The summed E-state index contributed by atoms with van der Waals surface area (Å²) in [5.74, 6) is 0. The van der Waals surface area contributed by atoms with Crippen LogP contribution in [0.5, 0.6) is 0 Å². The fourth-order valence-corrected chi connectivity index (χ4v) is 2.24. The van der Waals surface area contributed by atoms with Gasteiger partial charge in [0.05, 0.1) is 6.61 Å². The summed E-state index contributed by atoms with van der Waals surface area (Å²) in [5.41, 5.74) is 0.761. The maximum Gasteiger partial charge on any atom is 0.408 e. The number of carbonyl (C=O) groups is 1. The third kappa shape index (κ3) is 7.36. The van der Waals surface area contributed by atoms with Gasteiger partial charge in [0.1, 0.15) is 0 Å². The topological polar surface area (TPSA) is 62.4 Å². The Morgan fingerprint density at radius 1 is 1.32 bits per heavy atom. The maximum atomic E-state index is 11.5. The first-order valence-corrected chi connectivity index (χ1v) is 8.67. The summed E-state index contributed by atoms with van der Waals surface area (Å²) in [4.78, 5) is 11.5. The van der Waals surface area contributed by atoms with E-state index in [1.54, 1.807) is 6.92 Å². The molecule has 1 aromatic carbocycles. The van der Waals surface area contributed by atoms with Crippen molar-refractivity contribution in [3.8, 4) is 0 Å². The zero-order valence-electron chi connectivity index (χ0n) is 11.3. The van der Waals surface area contributed by atoms with Crippen molar-refractivity contribution in [2.75, 3.05) is 11.9 Å². The van der Waals surface area contributed by atoms with E-state index in [2.05, 4.69) is 38.5 Å². The number of nitrogens with one attached hydrogen (secondary N) is 3. The standard InChI is InChI=1S/C12H13Cl3IN3O2S/c1-2-21-11(20)19-9(12(13,14)15)18-10(22)17-8-5-3-7(16)4-6-8/h3-6,9H,2H2,1H3,(H,19,20)(H2,17,18,22). The average molecular weight is 497 g/mol. The number of thiocarbonyl (C=S) groups is 1. The van der Waals surface area contributed by atoms with Crippen LogP contribution in [0.1, 0.15) is 6.92 Å². The largest absolute Gasteiger partial charge is 0.450 e. The molecule has 0 fully saturated rings. The predicted octanol–water partition coefficient (Wildman–Crippen LogP) is 4.02. The molecule has 10 heteroatoms. The van der Waals surface area contributed by atoms with Crippen LogP contribution in [0.3, 0.4) is 0 Å². The number of hydrogen-bond acceptors (Lipinski definition) is 3. The van der Waals surface area contributed by atoms with Crippen LogP contribution in [0.4, 0.5) is 10.5 Å². The van der Waals surface area contributed by atoms with Gasteiger partial charge in [-0.1, -0.05) is 34.8 Å². The summed E-state index contributed by atoms with van der Waals surface area (Å²) in [6, 6.07) is 7.52. The number of carbonyl (C=O) groups excluding carboxylic acids is 1. The zero-order chi connectivity index (χ0) is 16.8. The number of amides is 1. The molecule has 1 atom stereocenters. The third-order valence-corrected chi connectivity index (χ3v) is 3.84. The second-order valence-electron chi connectivity index (χ2n) is 3.94. The molecule has 1 amide bonds. The van der Waals surface area contributed by atoms with Gasteiger partial charge in [0.2, 0.25) is 3.79 Å². The van der Waals surface area contributed by atoms with Crippen LogP contribution < -0.4 is 16.0 Å². The fraction of sp³-hybridized carbons (Fsp3) is 0.333. The Bertz CT molecular complexity index is 525. The van der Waals surface area contributed by atoms with E-state index in [0.29, 0.717) is 0 Å². The Morgan fingerprint density at radius 2 is 1.91 bits per heavy atom. The van der Waals surface area contributed by atoms with Crippen LogP contribution in [-0.2, 0) is 4.74 Å². The normalized spacial score (nSPS) is 12.2. The molecule has 1 aromatic rings. The minimum Gasteiger partial charge on any atom is -0.450 e. The van der Waals surface area contributed by atoms with Crippen molar-refractivity contribution in [1.29, 1.82) is 0 Å². The quantitative estimate of drug-likeness (QED) is 0.254. The summed E-state index contributed by atoms with van der Waals surface area (Å²) in [7, 11) is 0. The van der Waals surface area contributed by atoms with E-state index >= 15 is 0 Å². The van der Waals surface area contributed by atoms with Gasteiger partial charge in [-0.25, -0.2) is 4.79 Å². The summed E-state index contributed by atoms with van der Waals surface area (Å²) in [6.45, 7) is 1.87. The molecule has 0 heterocycles. The second kappa shape index (κ2) is 9.17. The van der Waals surface area contributed by atoms with Gasteiger partial charge in [-0.15, -0.1) is 0 Å². The number of benzene rings is 1. The maximum absolute atomic E-state index is 11.5. The summed E-state index contributed by atoms with van der Waals surface area (Å²) in [6.07, 6.45) is -1.77.